The van der Waals surface area contributed by atoms with Gasteiger partial charge in [0, 0.05) is 39.3 Å². The summed E-state index contributed by atoms with van der Waals surface area (Å²) in [6, 6.07) is 7.09. The van der Waals surface area contributed by atoms with E-state index < -0.39 is 0 Å². The van der Waals surface area contributed by atoms with E-state index in [0.717, 1.165) is 57.8 Å². The molecule has 0 radical (unpaired) electrons. The third-order valence-corrected chi connectivity index (χ3v) is 6.67. The number of rotatable bonds is 4. The van der Waals surface area contributed by atoms with E-state index in [-0.39, 0.29) is 30.3 Å². The summed E-state index contributed by atoms with van der Waals surface area (Å²) >= 11 is 0. The molecule has 0 saturated carbocycles. The molecule has 3 aliphatic rings. The molecule has 2 fully saturated rings. The maximum Gasteiger partial charge on any atom is 0.244 e. The number of nitrogens with one attached hydrogen (secondary N) is 1. The molecule has 168 valence electrons. The van der Waals surface area contributed by atoms with Gasteiger partial charge in [0.05, 0.1) is 24.0 Å². The Morgan fingerprint density at radius 3 is 2.35 bits per heavy atom. The van der Waals surface area contributed by atoms with Crippen molar-refractivity contribution in [3.8, 4) is 0 Å². The number of piperazine rings is 1. The highest BCUT2D eigenvalue weighted by atomic mass is 16.2. The van der Waals surface area contributed by atoms with Crippen LogP contribution in [0.4, 0.5) is 11.4 Å². The SMILES string of the molecule is C[C@@H](C(=O)N1CC(=O)Nc2ccccc21)N1CCN(CC(=O)N2CCCCCC2)CC1. The lowest BCUT2D eigenvalue weighted by Crippen LogP contribution is -2.57. The Bertz CT molecular complexity index is 813. The van der Waals surface area contributed by atoms with Crippen molar-refractivity contribution in [3.63, 3.8) is 0 Å². The van der Waals surface area contributed by atoms with Gasteiger partial charge >= 0.3 is 0 Å². The van der Waals surface area contributed by atoms with Crippen molar-refractivity contribution in [2.75, 3.05) is 62.6 Å². The molecule has 0 aromatic heterocycles. The molecule has 0 unspecified atom stereocenters. The van der Waals surface area contributed by atoms with Crippen LogP contribution in [0.3, 0.4) is 0 Å². The first kappa shape index (κ1) is 21.8. The van der Waals surface area contributed by atoms with E-state index in [4.69, 9.17) is 0 Å². The van der Waals surface area contributed by atoms with Gasteiger partial charge in [0.15, 0.2) is 0 Å². The van der Waals surface area contributed by atoms with Crippen molar-refractivity contribution >= 4 is 29.1 Å². The molecule has 1 N–H and O–H groups in total. The van der Waals surface area contributed by atoms with E-state index in [2.05, 4.69) is 15.1 Å². The smallest absolute Gasteiger partial charge is 0.244 e. The highest BCUT2D eigenvalue weighted by molar-refractivity contribution is 6.11. The van der Waals surface area contributed by atoms with E-state index >= 15 is 0 Å². The van der Waals surface area contributed by atoms with Crippen LogP contribution in [0, 0.1) is 0 Å². The fourth-order valence-corrected chi connectivity index (χ4v) is 4.73. The summed E-state index contributed by atoms with van der Waals surface area (Å²) in [7, 11) is 0. The van der Waals surface area contributed by atoms with Gasteiger partial charge in [0.1, 0.15) is 6.54 Å². The lowest BCUT2D eigenvalue weighted by atomic mass is 10.1. The van der Waals surface area contributed by atoms with E-state index in [1.54, 1.807) is 4.90 Å². The molecule has 8 nitrogen and oxygen atoms in total. The van der Waals surface area contributed by atoms with Crippen molar-refractivity contribution in [3.05, 3.63) is 24.3 Å². The molecule has 3 aliphatic heterocycles. The second-order valence-electron chi connectivity index (χ2n) is 8.77. The number of benzene rings is 1. The second kappa shape index (κ2) is 9.78. The zero-order chi connectivity index (χ0) is 21.8. The number of carbonyl (C=O) groups is 3. The minimum atomic E-state index is -0.317. The maximum atomic E-state index is 13.2. The standard InChI is InChI=1S/C23H33N5O3/c1-18(23(31)28-16-21(29)24-19-8-4-5-9-20(19)28)26-14-12-25(13-15-26)17-22(30)27-10-6-2-3-7-11-27/h4-5,8-9,18H,2-3,6-7,10-17H2,1H3,(H,24,29)/t18-/m0/s1. The largest absolute Gasteiger partial charge is 0.342 e. The minimum Gasteiger partial charge on any atom is -0.342 e. The fourth-order valence-electron chi connectivity index (χ4n) is 4.73. The lowest BCUT2D eigenvalue weighted by molar-refractivity contribution is -0.133. The molecule has 31 heavy (non-hydrogen) atoms. The number of carbonyl (C=O) groups excluding carboxylic acids is 3. The number of anilines is 2. The zero-order valence-electron chi connectivity index (χ0n) is 18.4. The van der Waals surface area contributed by atoms with Crippen molar-refractivity contribution in [2.24, 2.45) is 0 Å². The monoisotopic (exact) mass is 427 g/mol. The van der Waals surface area contributed by atoms with Crippen LogP contribution < -0.4 is 10.2 Å². The highest BCUT2D eigenvalue weighted by Gasteiger charge is 2.33. The van der Waals surface area contributed by atoms with Crippen LogP contribution in [0.25, 0.3) is 0 Å². The average molecular weight is 428 g/mol. The molecule has 1 aromatic rings. The third-order valence-electron chi connectivity index (χ3n) is 6.67. The van der Waals surface area contributed by atoms with Gasteiger partial charge in [-0.25, -0.2) is 0 Å². The Morgan fingerprint density at radius 2 is 1.65 bits per heavy atom. The van der Waals surface area contributed by atoms with Gasteiger partial charge in [0.2, 0.25) is 17.7 Å². The van der Waals surface area contributed by atoms with E-state index in [1.165, 1.54) is 12.8 Å². The van der Waals surface area contributed by atoms with Crippen LogP contribution in [-0.2, 0) is 14.4 Å². The molecular formula is C23H33N5O3. The molecular weight excluding hydrogens is 394 g/mol. The van der Waals surface area contributed by atoms with Gasteiger partial charge in [-0.1, -0.05) is 25.0 Å². The molecule has 1 aromatic carbocycles. The Balaban J connectivity index is 1.31. The summed E-state index contributed by atoms with van der Waals surface area (Å²) in [6.45, 7) is 7.21. The number of para-hydroxylation sites is 2. The number of amides is 3. The fraction of sp³-hybridized carbons (Fsp3) is 0.609. The van der Waals surface area contributed by atoms with E-state index in [9.17, 15) is 14.4 Å². The first-order chi connectivity index (χ1) is 15.0. The minimum absolute atomic E-state index is 0.0461. The summed E-state index contributed by atoms with van der Waals surface area (Å²) in [5.74, 6) is 0.00268. The summed E-state index contributed by atoms with van der Waals surface area (Å²) in [5, 5.41) is 2.83. The molecule has 1 atom stereocenters. The normalized spacial score (nSPS) is 21.8. The highest BCUT2D eigenvalue weighted by Crippen LogP contribution is 2.29. The quantitative estimate of drug-likeness (QED) is 0.786. The van der Waals surface area contributed by atoms with Crippen molar-refractivity contribution in [1.82, 2.24) is 14.7 Å². The summed E-state index contributed by atoms with van der Waals surface area (Å²) in [5.41, 5.74) is 1.43. The number of hydrogen-bond acceptors (Lipinski definition) is 5. The summed E-state index contributed by atoms with van der Waals surface area (Å²) in [6.07, 6.45) is 4.66. The number of likely N-dealkylation sites (tertiary alicyclic amines) is 1. The predicted molar refractivity (Wildman–Crippen MR) is 120 cm³/mol. The van der Waals surface area contributed by atoms with Crippen LogP contribution in [-0.4, -0.2) is 90.8 Å². The average Bonchev–Trinajstić information content (AvgIpc) is 3.08. The van der Waals surface area contributed by atoms with Crippen LogP contribution in [0.15, 0.2) is 24.3 Å². The number of nitrogens with zero attached hydrogens (tertiary/aromatic N) is 4. The van der Waals surface area contributed by atoms with Crippen LogP contribution >= 0.6 is 0 Å². The van der Waals surface area contributed by atoms with E-state index in [0.29, 0.717) is 12.2 Å². The molecule has 4 rings (SSSR count). The Morgan fingerprint density at radius 1 is 0.968 bits per heavy atom. The molecule has 0 aliphatic carbocycles. The van der Waals surface area contributed by atoms with Gasteiger partial charge < -0.3 is 10.2 Å². The van der Waals surface area contributed by atoms with Gasteiger partial charge in [-0.3, -0.25) is 29.1 Å². The molecule has 0 bridgehead atoms. The van der Waals surface area contributed by atoms with Crippen molar-refractivity contribution in [1.29, 1.82) is 0 Å². The first-order valence-electron chi connectivity index (χ1n) is 11.5. The van der Waals surface area contributed by atoms with Gasteiger partial charge in [-0.15, -0.1) is 0 Å². The van der Waals surface area contributed by atoms with Gasteiger partial charge in [0.25, 0.3) is 0 Å². The topological polar surface area (TPSA) is 76.2 Å². The lowest BCUT2D eigenvalue weighted by Gasteiger charge is -2.40. The Kier molecular flexibility index (Phi) is 6.87. The predicted octanol–water partition coefficient (Wildman–Crippen LogP) is 1.38. The zero-order valence-corrected chi connectivity index (χ0v) is 18.4. The van der Waals surface area contributed by atoms with Crippen LogP contribution in [0.2, 0.25) is 0 Å². The van der Waals surface area contributed by atoms with E-state index in [1.807, 2.05) is 36.1 Å². The summed E-state index contributed by atoms with van der Waals surface area (Å²) < 4.78 is 0. The third kappa shape index (κ3) is 5.07. The van der Waals surface area contributed by atoms with Gasteiger partial charge in [-0.05, 0) is 31.9 Å². The number of hydrogen-bond donors (Lipinski definition) is 1. The Labute approximate surface area is 184 Å². The molecule has 2 saturated heterocycles. The van der Waals surface area contributed by atoms with Crippen molar-refractivity contribution in [2.45, 2.75) is 38.6 Å². The van der Waals surface area contributed by atoms with Gasteiger partial charge in [-0.2, -0.15) is 0 Å². The molecule has 3 amide bonds. The van der Waals surface area contributed by atoms with Crippen LogP contribution in [0.1, 0.15) is 32.6 Å². The number of fused-ring (bicyclic) bond motifs is 1. The molecule has 8 heteroatoms. The maximum absolute atomic E-state index is 13.2. The van der Waals surface area contributed by atoms with Crippen molar-refractivity contribution < 1.29 is 14.4 Å². The first-order valence-corrected chi connectivity index (χ1v) is 11.5. The molecule has 0 spiro atoms. The summed E-state index contributed by atoms with van der Waals surface area (Å²) in [4.78, 5) is 45.9. The molecule has 3 heterocycles. The van der Waals surface area contributed by atoms with Crippen LogP contribution in [0.5, 0.6) is 0 Å². The second-order valence-corrected chi connectivity index (χ2v) is 8.77. The Hall–Kier alpha value is -2.45.